The summed E-state index contributed by atoms with van der Waals surface area (Å²) < 4.78 is 0. The molecule has 1 saturated carbocycles. The minimum atomic E-state index is -0.885. The van der Waals surface area contributed by atoms with E-state index in [0.29, 0.717) is 18.7 Å². The molecule has 1 aliphatic rings. The molecule has 0 aliphatic heterocycles. The Balaban J connectivity index is 2.29. The monoisotopic (exact) mass is 263 g/mol. The van der Waals surface area contributed by atoms with Crippen molar-refractivity contribution in [1.82, 2.24) is 9.97 Å². The van der Waals surface area contributed by atoms with Gasteiger partial charge in [-0.25, -0.2) is 9.78 Å². The van der Waals surface area contributed by atoms with Gasteiger partial charge < -0.3 is 10.4 Å². The maximum atomic E-state index is 11.7. The zero-order valence-corrected chi connectivity index (χ0v) is 11.6. The molecule has 1 aliphatic carbocycles. The predicted molar refractivity (Wildman–Crippen MR) is 73.2 cm³/mol. The first kappa shape index (κ1) is 13.8. The van der Waals surface area contributed by atoms with Gasteiger partial charge in [0.15, 0.2) is 0 Å². The molecule has 1 heterocycles. The molecule has 0 saturated heterocycles. The lowest BCUT2D eigenvalue weighted by Crippen LogP contribution is -2.46. The Bertz CT molecular complexity index is 466. The van der Waals surface area contributed by atoms with Crippen LogP contribution in [0.1, 0.15) is 49.9 Å². The van der Waals surface area contributed by atoms with Crippen LogP contribution in [0.3, 0.4) is 0 Å². The van der Waals surface area contributed by atoms with Crippen LogP contribution < -0.4 is 5.32 Å². The number of aromatic nitrogens is 2. The quantitative estimate of drug-likeness (QED) is 0.820. The van der Waals surface area contributed by atoms with Crippen LogP contribution in [0.25, 0.3) is 0 Å². The van der Waals surface area contributed by atoms with Crippen LogP contribution in [0.15, 0.2) is 6.20 Å². The zero-order valence-electron chi connectivity index (χ0n) is 11.6. The molecule has 1 fully saturated rings. The van der Waals surface area contributed by atoms with E-state index in [9.17, 15) is 9.90 Å². The van der Waals surface area contributed by atoms with E-state index in [4.69, 9.17) is 0 Å². The van der Waals surface area contributed by atoms with Gasteiger partial charge in [0.05, 0.1) is 11.4 Å². The van der Waals surface area contributed by atoms with E-state index in [2.05, 4.69) is 15.3 Å². The van der Waals surface area contributed by atoms with E-state index in [1.54, 1.807) is 6.20 Å². The molecule has 2 rings (SSSR count). The fourth-order valence-electron chi connectivity index (χ4n) is 2.61. The van der Waals surface area contributed by atoms with Crippen LogP contribution in [-0.2, 0) is 4.79 Å². The Hall–Kier alpha value is -1.65. The van der Waals surface area contributed by atoms with E-state index in [1.165, 1.54) is 0 Å². The molecule has 0 bridgehead atoms. The maximum absolute atomic E-state index is 11.7. The van der Waals surface area contributed by atoms with Crippen molar-refractivity contribution in [1.29, 1.82) is 0 Å². The summed E-state index contributed by atoms with van der Waals surface area (Å²) in [6, 6.07) is 0. The molecule has 104 valence electrons. The van der Waals surface area contributed by atoms with E-state index in [1.807, 2.05) is 13.8 Å². The second-order valence-electron chi connectivity index (χ2n) is 5.37. The molecular formula is C14H21N3O2. The van der Waals surface area contributed by atoms with Gasteiger partial charge in [0.2, 0.25) is 0 Å². The van der Waals surface area contributed by atoms with E-state index in [-0.39, 0.29) is 0 Å². The first-order valence-corrected chi connectivity index (χ1v) is 6.85. The molecule has 0 aromatic carbocycles. The average Bonchev–Trinajstić information content (AvgIpc) is 2.60. The highest BCUT2D eigenvalue weighted by Crippen LogP contribution is 2.31. The van der Waals surface area contributed by atoms with E-state index < -0.39 is 11.5 Å². The predicted octanol–water partition coefficient (Wildman–Crippen LogP) is 2.68. The topological polar surface area (TPSA) is 75.1 Å². The van der Waals surface area contributed by atoms with Crippen LogP contribution in [0.2, 0.25) is 0 Å². The van der Waals surface area contributed by atoms with Gasteiger partial charge in [0.25, 0.3) is 0 Å². The van der Waals surface area contributed by atoms with Crippen molar-refractivity contribution in [3.05, 3.63) is 17.6 Å². The highest BCUT2D eigenvalue weighted by Gasteiger charge is 2.39. The van der Waals surface area contributed by atoms with E-state index in [0.717, 1.165) is 37.1 Å². The number of rotatable bonds is 3. The Labute approximate surface area is 113 Å². The summed E-state index contributed by atoms with van der Waals surface area (Å²) >= 11 is 0. The third-order valence-electron chi connectivity index (χ3n) is 3.80. The largest absolute Gasteiger partial charge is 0.480 e. The van der Waals surface area contributed by atoms with Gasteiger partial charge >= 0.3 is 5.97 Å². The minimum absolute atomic E-state index is 0.601. The number of anilines is 1. The normalized spacial score (nSPS) is 18.6. The number of aryl methyl sites for hydroxylation is 2. The van der Waals surface area contributed by atoms with Crippen molar-refractivity contribution in [2.24, 2.45) is 0 Å². The van der Waals surface area contributed by atoms with Crippen molar-refractivity contribution in [3.8, 4) is 0 Å². The van der Waals surface area contributed by atoms with Crippen molar-refractivity contribution in [2.45, 2.75) is 57.9 Å². The highest BCUT2D eigenvalue weighted by atomic mass is 16.4. The number of nitrogens with zero attached hydrogens (tertiary/aromatic N) is 2. The lowest BCUT2D eigenvalue weighted by molar-refractivity contribution is -0.142. The summed E-state index contributed by atoms with van der Waals surface area (Å²) in [5, 5.41) is 12.8. The summed E-state index contributed by atoms with van der Waals surface area (Å²) in [5.74, 6) is -0.179. The number of carboxylic acid groups (broad SMARTS) is 1. The lowest BCUT2D eigenvalue weighted by Gasteiger charge is -2.30. The second-order valence-corrected chi connectivity index (χ2v) is 5.37. The van der Waals surface area contributed by atoms with E-state index >= 15 is 0 Å². The molecule has 5 heteroatoms. The van der Waals surface area contributed by atoms with Gasteiger partial charge in [-0.1, -0.05) is 25.7 Å². The second kappa shape index (κ2) is 5.55. The highest BCUT2D eigenvalue weighted by molar-refractivity contribution is 5.82. The van der Waals surface area contributed by atoms with Gasteiger partial charge in [-0.15, -0.1) is 0 Å². The Morgan fingerprint density at radius 1 is 1.26 bits per heavy atom. The summed E-state index contributed by atoms with van der Waals surface area (Å²) in [7, 11) is 0. The lowest BCUT2D eigenvalue weighted by atomic mass is 9.90. The zero-order chi connectivity index (χ0) is 13.9. The summed E-state index contributed by atoms with van der Waals surface area (Å²) in [6.45, 7) is 3.71. The molecule has 1 aromatic rings. The molecular weight excluding hydrogens is 242 g/mol. The molecule has 0 atom stereocenters. The maximum Gasteiger partial charge on any atom is 0.329 e. The van der Waals surface area contributed by atoms with Crippen LogP contribution >= 0.6 is 0 Å². The van der Waals surface area contributed by atoms with Crippen LogP contribution in [0.4, 0.5) is 5.82 Å². The number of carboxylic acids is 1. The molecule has 0 amide bonds. The number of aliphatic carboxylic acids is 1. The van der Waals surface area contributed by atoms with Gasteiger partial charge in [0.1, 0.15) is 11.4 Å². The first-order valence-electron chi connectivity index (χ1n) is 6.85. The first-order chi connectivity index (χ1) is 9.03. The molecule has 0 spiro atoms. The molecule has 2 N–H and O–H groups in total. The van der Waals surface area contributed by atoms with Gasteiger partial charge in [-0.05, 0) is 26.7 Å². The van der Waals surface area contributed by atoms with Crippen molar-refractivity contribution in [2.75, 3.05) is 5.32 Å². The number of nitrogens with one attached hydrogen (secondary N) is 1. The number of hydrogen-bond donors (Lipinski definition) is 2. The molecule has 1 aromatic heterocycles. The average molecular weight is 263 g/mol. The molecule has 19 heavy (non-hydrogen) atoms. The molecule has 5 nitrogen and oxygen atoms in total. The van der Waals surface area contributed by atoms with Crippen LogP contribution in [-0.4, -0.2) is 26.6 Å². The Morgan fingerprint density at radius 2 is 1.89 bits per heavy atom. The summed E-state index contributed by atoms with van der Waals surface area (Å²) in [4.78, 5) is 20.3. The van der Waals surface area contributed by atoms with Crippen LogP contribution in [0.5, 0.6) is 0 Å². The smallest absolute Gasteiger partial charge is 0.329 e. The third-order valence-corrected chi connectivity index (χ3v) is 3.80. The third kappa shape index (κ3) is 3.03. The van der Waals surface area contributed by atoms with Crippen molar-refractivity contribution < 1.29 is 9.90 Å². The van der Waals surface area contributed by atoms with Crippen molar-refractivity contribution in [3.63, 3.8) is 0 Å². The minimum Gasteiger partial charge on any atom is -0.480 e. The summed E-state index contributed by atoms with van der Waals surface area (Å²) in [6.07, 6.45) is 7.09. The van der Waals surface area contributed by atoms with Gasteiger partial charge in [0, 0.05) is 6.20 Å². The van der Waals surface area contributed by atoms with Crippen LogP contribution in [0, 0.1) is 13.8 Å². The fraction of sp³-hybridized carbons (Fsp3) is 0.643. The Kier molecular flexibility index (Phi) is 4.02. The SMILES string of the molecule is Cc1cnc(C)c(NC2(C(=O)O)CCCCCC2)n1. The molecule has 0 unspecified atom stereocenters. The number of hydrogen-bond acceptors (Lipinski definition) is 4. The van der Waals surface area contributed by atoms with Crippen molar-refractivity contribution >= 4 is 11.8 Å². The van der Waals surface area contributed by atoms with Gasteiger partial charge in [-0.2, -0.15) is 0 Å². The standard InChI is InChI=1S/C14H21N3O2/c1-10-9-15-11(2)12(16-10)17-14(13(18)19)7-5-3-4-6-8-14/h9H,3-8H2,1-2H3,(H,16,17)(H,18,19). The number of carbonyl (C=O) groups is 1. The molecule has 0 radical (unpaired) electrons. The summed E-state index contributed by atoms with van der Waals surface area (Å²) in [5.41, 5.74) is 0.654. The van der Waals surface area contributed by atoms with Gasteiger partial charge in [-0.3, -0.25) is 4.98 Å². The Morgan fingerprint density at radius 3 is 2.47 bits per heavy atom. The fourth-order valence-corrected chi connectivity index (χ4v) is 2.61.